The van der Waals surface area contributed by atoms with Crippen LogP contribution >= 0.6 is 35.4 Å². The molecule has 0 atom stereocenters. The van der Waals surface area contributed by atoms with Crippen molar-refractivity contribution in [3.8, 4) is 0 Å². The molecule has 0 aromatic heterocycles. The quantitative estimate of drug-likeness (QED) is 0.294. The van der Waals surface area contributed by atoms with Crippen LogP contribution in [0.5, 0.6) is 0 Å². The van der Waals surface area contributed by atoms with Crippen LogP contribution in [0.25, 0.3) is 0 Å². The van der Waals surface area contributed by atoms with Crippen LogP contribution in [-0.4, -0.2) is 42.1 Å². The van der Waals surface area contributed by atoms with Gasteiger partial charge in [-0.2, -0.15) is 0 Å². The number of anilines is 1. The van der Waals surface area contributed by atoms with Gasteiger partial charge in [0.25, 0.3) is 5.91 Å². The van der Waals surface area contributed by atoms with E-state index in [1.165, 1.54) is 23.1 Å². The Balaban J connectivity index is 1.68. The molecule has 1 aliphatic heterocycles. The smallest absolute Gasteiger partial charge is 0.258 e. The number of rotatable bonds is 2. The number of nitrogens with zero attached hydrogens (tertiary/aromatic N) is 2. The summed E-state index contributed by atoms with van der Waals surface area (Å²) in [6.45, 7) is -0.0393. The first kappa shape index (κ1) is 22.5. The maximum atomic E-state index is 14.0. The fraction of sp³-hybridized carbons (Fsp3) is 0.222. The molecule has 1 aliphatic rings. The number of thiocarbonyl (C=S) groups is 1. The van der Waals surface area contributed by atoms with E-state index in [1.54, 1.807) is 0 Å². The second-order valence-corrected chi connectivity index (χ2v) is 7.51. The first-order chi connectivity index (χ1) is 14.1. The number of nitrogens with one attached hydrogen (secondary N) is 1. The number of piperazine rings is 1. The van der Waals surface area contributed by atoms with Crippen LogP contribution in [0, 0.1) is 29.1 Å². The Labute approximate surface area is 183 Å². The first-order valence-electron chi connectivity index (χ1n) is 8.43. The summed E-state index contributed by atoms with van der Waals surface area (Å²) in [7, 11) is 0. The number of benzene rings is 2. The first-order valence-corrected chi connectivity index (χ1v) is 9.60. The molecule has 1 saturated heterocycles. The van der Waals surface area contributed by atoms with Gasteiger partial charge >= 0.3 is 0 Å². The van der Waals surface area contributed by atoms with Gasteiger partial charge in [-0.3, -0.25) is 10.1 Å². The molecule has 2 aromatic rings. The van der Waals surface area contributed by atoms with Crippen LogP contribution in [0.2, 0.25) is 10.0 Å². The SMILES string of the molecule is O=C(NC(=S)N1CCN(c2c(F)c(F)c(F)c(F)c2F)CC1)c1cc(Cl)ccc1Cl. The van der Waals surface area contributed by atoms with E-state index in [1.807, 2.05) is 0 Å². The van der Waals surface area contributed by atoms with E-state index < -0.39 is 40.7 Å². The minimum atomic E-state index is -2.21. The lowest BCUT2D eigenvalue weighted by Gasteiger charge is -2.37. The molecule has 0 aliphatic carbocycles. The topological polar surface area (TPSA) is 35.6 Å². The second kappa shape index (κ2) is 8.91. The van der Waals surface area contributed by atoms with E-state index in [9.17, 15) is 26.7 Å². The van der Waals surface area contributed by atoms with Crippen molar-refractivity contribution in [2.45, 2.75) is 0 Å². The van der Waals surface area contributed by atoms with Gasteiger partial charge in [0.2, 0.25) is 5.82 Å². The van der Waals surface area contributed by atoms with Gasteiger partial charge in [-0.1, -0.05) is 23.2 Å². The van der Waals surface area contributed by atoms with Crippen molar-refractivity contribution in [3.63, 3.8) is 0 Å². The third kappa shape index (κ3) is 4.30. The van der Waals surface area contributed by atoms with Crippen LogP contribution in [0.15, 0.2) is 18.2 Å². The normalized spacial score (nSPS) is 14.1. The number of carbonyl (C=O) groups is 1. The van der Waals surface area contributed by atoms with Gasteiger partial charge in [-0.05, 0) is 30.4 Å². The Morgan fingerprint density at radius 3 is 2.00 bits per heavy atom. The fourth-order valence-electron chi connectivity index (χ4n) is 2.92. The molecule has 0 bridgehead atoms. The predicted octanol–water partition coefficient (Wildman–Crippen LogP) is 4.53. The molecule has 12 heteroatoms. The standard InChI is InChI=1S/C18H12Cl2F5N3OS/c19-8-1-2-10(20)9(7-8)17(29)26-18(30)28-5-3-27(4-6-28)16-14(24)12(22)11(21)13(23)15(16)25/h1-2,7H,3-6H2,(H,26,29,30). The summed E-state index contributed by atoms with van der Waals surface area (Å²) in [5.74, 6) is -10.6. The lowest BCUT2D eigenvalue weighted by Crippen LogP contribution is -2.53. The minimum absolute atomic E-state index is 0.0214. The zero-order valence-corrected chi connectivity index (χ0v) is 17.2. The zero-order chi connectivity index (χ0) is 22.2. The van der Waals surface area contributed by atoms with Crippen molar-refractivity contribution in [2.75, 3.05) is 31.1 Å². The minimum Gasteiger partial charge on any atom is -0.363 e. The molecule has 0 saturated carbocycles. The van der Waals surface area contributed by atoms with Gasteiger partial charge in [0.15, 0.2) is 28.4 Å². The van der Waals surface area contributed by atoms with Crippen molar-refractivity contribution in [3.05, 3.63) is 62.9 Å². The van der Waals surface area contributed by atoms with Gasteiger partial charge in [0, 0.05) is 31.2 Å². The van der Waals surface area contributed by atoms with E-state index in [4.69, 9.17) is 35.4 Å². The molecule has 160 valence electrons. The number of hydrogen-bond donors (Lipinski definition) is 1. The Morgan fingerprint density at radius 2 is 1.43 bits per heavy atom. The molecule has 1 amide bonds. The summed E-state index contributed by atoms with van der Waals surface area (Å²) < 4.78 is 68.1. The van der Waals surface area contributed by atoms with Gasteiger partial charge in [0.1, 0.15) is 5.69 Å². The highest BCUT2D eigenvalue weighted by molar-refractivity contribution is 7.80. The number of amides is 1. The Kier molecular flexibility index (Phi) is 6.68. The highest BCUT2D eigenvalue weighted by Crippen LogP contribution is 2.31. The van der Waals surface area contributed by atoms with E-state index in [0.717, 1.165) is 4.90 Å². The molecule has 4 nitrogen and oxygen atoms in total. The van der Waals surface area contributed by atoms with Crippen LogP contribution in [0.1, 0.15) is 10.4 Å². The molecule has 0 radical (unpaired) electrons. The van der Waals surface area contributed by atoms with Crippen molar-refractivity contribution in [2.24, 2.45) is 0 Å². The monoisotopic (exact) mass is 483 g/mol. The van der Waals surface area contributed by atoms with Gasteiger partial charge in [-0.25, -0.2) is 22.0 Å². The number of hydrogen-bond acceptors (Lipinski definition) is 3. The van der Waals surface area contributed by atoms with Crippen molar-refractivity contribution in [1.29, 1.82) is 0 Å². The molecule has 0 spiro atoms. The van der Waals surface area contributed by atoms with E-state index in [0.29, 0.717) is 5.02 Å². The van der Waals surface area contributed by atoms with Gasteiger partial charge in [-0.15, -0.1) is 0 Å². The van der Waals surface area contributed by atoms with Crippen molar-refractivity contribution in [1.82, 2.24) is 10.2 Å². The van der Waals surface area contributed by atoms with Gasteiger partial charge in [0.05, 0.1) is 10.6 Å². The highest BCUT2D eigenvalue weighted by atomic mass is 35.5. The van der Waals surface area contributed by atoms with E-state index in [2.05, 4.69) is 5.32 Å². The largest absolute Gasteiger partial charge is 0.363 e. The van der Waals surface area contributed by atoms with Crippen molar-refractivity contribution >= 4 is 52.1 Å². The Hall–Kier alpha value is -2.17. The molecule has 1 N–H and O–H groups in total. The third-order valence-corrected chi connectivity index (χ3v) is 5.39. The average molecular weight is 484 g/mol. The third-order valence-electron chi connectivity index (χ3n) is 4.46. The van der Waals surface area contributed by atoms with E-state index >= 15 is 0 Å². The molecular formula is C18H12Cl2F5N3OS. The highest BCUT2D eigenvalue weighted by Gasteiger charge is 2.31. The maximum absolute atomic E-state index is 14.0. The van der Waals surface area contributed by atoms with Crippen LogP contribution in [0.3, 0.4) is 0 Å². The number of carbonyl (C=O) groups excluding carboxylic acids is 1. The van der Waals surface area contributed by atoms with Crippen LogP contribution in [-0.2, 0) is 0 Å². The summed E-state index contributed by atoms with van der Waals surface area (Å²) in [5.41, 5.74) is -0.890. The fourth-order valence-corrected chi connectivity index (χ4v) is 3.57. The lowest BCUT2D eigenvalue weighted by molar-refractivity contribution is 0.0973. The molecule has 1 heterocycles. The summed E-state index contributed by atoms with van der Waals surface area (Å²) in [6.07, 6.45) is 0. The van der Waals surface area contributed by atoms with Crippen molar-refractivity contribution < 1.29 is 26.7 Å². The summed E-state index contributed by atoms with van der Waals surface area (Å²) >= 11 is 17.0. The molecule has 1 fully saturated rings. The summed E-state index contributed by atoms with van der Waals surface area (Å²) in [4.78, 5) is 14.9. The zero-order valence-electron chi connectivity index (χ0n) is 14.9. The van der Waals surface area contributed by atoms with Crippen LogP contribution in [0.4, 0.5) is 27.6 Å². The summed E-state index contributed by atoms with van der Waals surface area (Å²) in [6, 6.07) is 4.32. The van der Waals surface area contributed by atoms with Crippen LogP contribution < -0.4 is 10.2 Å². The predicted molar refractivity (Wildman–Crippen MR) is 107 cm³/mol. The molecule has 2 aromatic carbocycles. The average Bonchev–Trinajstić information content (AvgIpc) is 2.73. The Bertz CT molecular complexity index is 1000. The maximum Gasteiger partial charge on any atom is 0.258 e. The lowest BCUT2D eigenvalue weighted by atomic mass is 10.2. The Morgan fingerprint density at radius 1 is 0.900 bits per heavy atom. The molecule has 3 rings (SSSR count). The van der Waals surface area contributed by atoms with E-state index in [-0.39, 0.29) is 41.9 Å². The van der Waals surface area contributed by atoms with Gasteiger partial charge < -0.3 is 9.80 Å². The molecule has 30 heavy (non-hydrogen) atoms. The second-order valence-electron chi connectivity index (χ2n) is 6.28. The molecule has 0 unspecified atom stereocenters. The number of halogens is 7. The molecular weight excluding hydrogens is 472 g/mol. The summed E-state index contributed by atoms with van der Waals surface area (Å²) in [5, 5.41) is 2.96.